The number of rotatable bonds is 5. The smallest absolute Gasteiger partial charge is 0.349 e. The average molecular weight is 610 g/mol. The van der Waals surface area contributed by atoms with Gasteiger partial charge in [-0.05, 0) is 42.0 Å². The van der Waals surface area contributed by atoms with E-state index in [9.17, 15) is 44.7 Å². The van der Waals surface area contributed by atoms with Gasteiger partial charge in [0.1, 0.15) is 4.33 Å². The molecule has 0 bridgehead atoms. The van der Waals surface area contributed by atoms with Gasteiger partial charge in [0.2, 0.25) is 5.91 Å². The predicted octanol–water partition coefficient (Wildman–Crippen LogP) is 7.43. The molecule has 0 unspecified atom stereocenters. The molecular formula is C23H15Cl3F8N2O2. The van der Waals surface area contributed by atoms with Gasteiger partial charge in [-0.25, -0.2) is 8.78 Å². The summed E-state index contributed by atoms with van der Waals surface area (Å²) >= 11 is 18.2. The Morgan fingerprint density at radius 2 is 1.45 bits per heavy atom. The minimum Gasteiger partial charge on any atom is -0.349 e. The van der Waals surface area contributed by atoms with Crippen molar-refractivity contribution in [3.63, 3.8) is 0 Å². The molecule has 2 saturated carbocycles. The van der Waals surface area contributed by atoms with E-state index in [1.807, 2.05) is 0 Å². The zero-order valence-electron chi connectivity index (χ0n) is 18.6. The third kappa shape index (κ3) is 5.81. The molecule has 2 aromatic carbocycles. The standard InChI is InChI=1S/C23H15Cl3F8N2O2/c24-15-2-1-12(6-14(15)18(37)36-13-7-20(27,28)8-13)35-19(38)17-16(21(17,25)26)9-3-10(22(29,30)31)5-11(4-9)23(32,33)34/h1-6,13,16-17H,7-8H2,(H,35,38)(H,36,37)/t16-,17+/m0/s1. The van der Waals surface area contributed by atoms with Crippen LogP contribution < -0.4 is 10.6 Å². The summed E-state index contributed by atoms with van der Waals surface area (Å²) in [5, 5.41) is 4.67. The fraction of sp³-hybridized carbons (Fsp3) is 0.391. The fourth-order valence-electron chi connectivity index (χ4n) is 4.25. The van der Waals surface area contributed by atoms with Crippen molar-refractivity contribution in [3.8, 4) is 0 Å². The minimum atomic E-state index is -5.11. The highest BCUT2D eigenvalue weighted by Gasteiger charge is 2.68. The van der Waals surface area contributed by atoms with Gasteiger partial charge in [0.05, 0.1) is 27.6 Å². The Hall–Kier alpha value is -2.31. The minimum absolute atomic E-state index is 0.0294. The van der Waals surface area contributed by atoms with Crippen LogP contribution in [0.25, 0.3) is 0 Å². The van der Waals surface area contributed by atoms with Crippen molar-refractivity contribution in [1.82, 2.24) is 5.32 Å². The number of anilines is 1. The lowest BCUT2D eigenvalue weighted by Crippen LogP contribution is -2.50. The first-order valence-corrected chi connectivity index (χ1v) is 11.9. The molecule has 0 radical (unpaired) electrons. The molecular weight excluding hydrogens is 595 g/mol. The quantitative estimate of drug-likeness (QED) is 0.274. The number of nitrogens with one attached hydrogen (secondary N) is 2. The van der Waals surface area contributed by atoms with E-state index in [1.54, 1.807) is 0 Å². The summed E-state index contributed by atoms with van der Waals surface area (Å²) in [7, 11) is 0. The van der Waals surface area contributed by atoms with Crippen LogP contribution in [0.2, 0.25) is 5.02 Å². The van der Waals surface area contributed by atoms with Crippen LogP contribution in [0.5, 0.6) is 0 Å². The van der Waals surface area contributed by atoms with Crippen molar-refractivity contribution in [3.05, 3.63) is 63.7 Å². The summed E-state index contributed by atoms with van der Waals surface area (Å²) in [6.45, 7) is 0. The van der Waals surface area contributed by atoms with Crippen LogP contribution >= 0.6 is 34.8 Å². The molecule has 4 rings (SSSR count). The predicted molar refractivity (Wildman–Crippen MR) is 123 cm³/mol. The van der Waals surface area contributed by atoms with Gasteiger partial charge >= 0.3 is 12.4 Å². The van der Waals surface area contributed by atoms with Crippen molar-refractivity contribution in [2.45, 2.75) is 47.4 Å². The highest BCUT2D eigenvalue weighted by Crippen LogP contribution is 2.65. The number of carbonyl (C=O) groups is 2. The van der Waals surface area contributed by atoms with E-state index in [1.165, 1.54) is 12.1 Å². The Balaban J connectivity index is 1.54. The van der Waals surface area contributed by atoms with E-state index < -0.39 is 81.8 Å². The van der Waals surface area contributed by atoms with E-state index in [-0.39, 0.29) is 22.3 Å². The van der Waals surface area contributed by atoms with Crippen molar-refractivity contribution < 1.29 is 44.7 Å². The molecule has 4 nitrogen and oxygen atoms in total. The SMILES string of the molecule is O=C(NC1CC(F)(F)C1)c1cc(NC(=O)[C@H]2[C@H](c3cc(C(F)(F)F)cc(C(F)(F)F)c3)C2(Cl)Cl)ccc1Cl. The molecule has 2 atom stereocenters. The van der Waals surface area contributed by atoms with Crippen LogP contribution in [0, 0.1) is 5.92 Å². The van der Waals surface area contributed by atoms with Crippen molar-refractivity contribution >= 4 is 52.3 Å². The zero-order valence-corrected chi connectivity index (χ0v) is 20.9. The lowest BCUT2D eigenvalue weighted by atomic mass is 9.88. The summed E-state index contributed by atoms with van der Waals surface area (Å²) < 4.78 is 103. The number of benzene rings is 2. The van der Waals surface area contributed by atoms with Crippen LogP contribution in [0.4, 0.5) is 40.8 Å². The van der Waals surface area contributed by atoms with Gasteiger partial charge in [0, 0.05) is 30.5 Å². The van der Waals surface area contributed by atoms with Crippen LogP contribution in [-0.4, -0.2) is 28.1 Å². The largest absolute Gasteiger partial charge is 0.416 e. The molecule has 2 aliphatic carbocycles. The number of amides is 2. The lowest BCUT2D eigenvalue weighted by molar-refractivity contribution is -0.143. The summed E-state index contributed by atoms with van der Waals surface area (Å²) in [6.07, 6.45) is -11.3. The Morgan fingerprint density at radius 1 is 0.895 bits per heavy atom. The summed E-state index contributed by atoms with van der Waals surface area (Å²) in [6, 6.07) is 3.67. The zero-order chi connectivity index (χ0) is 28.4. The van der Waals surface area contributed by atoms with E-state index in [0.29, 0.717) is 12.1 Å². The third-order valence-electron chi connectivity index (χ3n) is 6.21. The number of hydrogen-bond acceptors (Lipinski definition) is 2. The maximum absolute atomic E-state index is 13.2. The summed E-state index contributed by atoms with van der Waals surface area (Å²) in [4.78, 5) is 25.3. The van der Waals surface area contributed by atoms with Gasteiger partial charge in [0.15, 0.2) is 0 Å². The normalized spacial score (nSPS) is 22.4. The topological polar surface area (TPSA) is 58.2 Å². The first kappa shape index (κ1) is 28.7. The third-order valence-corrected chi connectivity index (χ3v) is 7.48. The Labute approximate surface area is 224 Å². The molecule has 2 amide bonds. The highest BCUT2D eigenvalue weighted by molar-refractivity contribution is 6.53. The van der Waals surface area contributed by atoms with Gasteiger partial charge < -0.3 is 10.6 Å². The summed E-state index contributed by atoms with van der Waals surface area (Å²) in [5.41, 5.74) is -3.91. The Kier molecular flexibility index (Phi) is 7.10. The molecule has 2 N–H and O–H groups in total. The Morgan fingerprint density at radius 3 is 1.95 bits per heavy atom. The number of halogens is 11. The van der Waals surface area contributed by atoms with E-state index >= 15 is 0 Å². The second-order valence-corrected chi connectivity index (χ2v) is 10.9. The van der Waals surface area contributed by atoms with Gasteiger partial charge in [-0.15, -0.1) is 23.2 Å². The first-order chi connectivity index (χ1) is 17.3. The Bertz CT molecular complexity index is 1260. The van der Waals surface area contributed by atoms with Crippen LogP contribution in [-0.2, 0) is 17.1 Å². The molecule has 0 aliphatic heterocycles. The highest BCUT2D eigenvalue weighted by atomic mass is 35.5. The number of hydrogen-bond donors (Lipinski definition) is 2. The van der Waals surface area contributed by atoms with Crippen molar-refractivity contribution in [2.24, 2.45) is 5.92 Å². The monoisotopic (exact) mass is 608 g/mol. The van der Waals surface area contributed by atoms with Crippen LogP contribution in [0.3, 0.4) is 0 Å². The van der Waals surface area contributed by atoms with Crippen molar-refractivity contribution in [1.29, 1.82) is 0 Å². The molecule has 2 aliphatic rings. The second kappa shape index (κ2) is 9.41. The molecule has 15 heteroatoms. The molecule has 0 saturated heterocycles. The van der Waals surface area contributed by atoms with Gasteiger partial charge in [0.25, 0.3) is 11.8 Å². The maximum atomic E-state index is 13.2. The lowest BCUT2D eigenvalue weighted by Gasteiger charge is -2.35. The molecule has 2 fully saturated rings. The van der Waals surface area contributed by atoms with Crippen LogP contribution in [0.15, 0.2) is 36.4 Å². The van der Waals surface area contributed by atoms with E-state index in [0.717, 1.165) is 6.07 Å². The molecule has 2 aromatic rings. The molecule has 0 spiro atoms. The van der Waals surface area contributed by atoms with Gasteiger partial charge in [-0.3, -0.25) is 9.59 Å². The molecule has 38 heavy (non-hydrogen) atoms. The maximum Gasteiger partial charge on any atom is 0.416 e. The molecule has 0 aromatic heterocycles. The number of alkyl halides is 10. The van der Waals surface area contributed by atoms with Gasteiger partial charge in [-0.2, -0.15) is 26.3 Å². The second-order valence-electron chi connectivity index (χ2n) is 9.09. The van der Waals surface area contributed by atoms with E-state index in [4.69, 9.17) is 34.8 Å². The van der Waals surface area contributed by atoms with E-state index in [2.05, 4.69) is 10.6 Å². The first-order valence-electron chi connectivity index (χ1n) is 10.8. The van der Waals surface area contributed by atoms with Crippen molar-refractivity contribution in [2.75, 3.05) is 5.32 Å². The molecule has 206 valence electrons. The molecule has 0 heterocycles. The summed E-state index contributed by atoms with van der Waals surface area (Å²) in [5.74, 6) is -7.47. The average Bonchev–Trinajstić information content (AvgIpc) is 3.34. The van der Waals surface area contributed by atoms with Gasteiger partial charge in [-0.1, -0.05) is 11.6 Å². The van der Waals surface area contributed by atoms with Crippen LogP contribution in [0.1, 0.15) is 45.8 Å². The fourth-order valence-corrected chi connectivity index (χ4v) is 5.28. The number of carbonyl (C=O) groups excluding carboxylic acids is 2.